The number of carbonyl (C=O) groups excluding carboxylic acids is 2. The minimum atomic E-state index is -0.00523. The smallest absolute Gasteiger partial charge is 0.305 e. The SMILES string of the molecule is CCCCCCCCCCCC(=O)OCC[N+](CC)(CC)CC.CCCCCCCCCCCCCCCC(=O)OCC[N+](CC)(CC)CC.[Br-].[Br-]. The second kappa shape index (κ2) is 43.5. The van der Waals surface area contributed by atoms with Gasteiger partial charge in [-0.1, -0.05) is 142 Å². The van der Waals surface area contributed by atoms with Crippen LogP contribution in [0.3, 0.4) is 0 Å². The maximum atomic E-state index is 11.9. The van der Waals surface area contributed by atoms with Crippen LogP contribution in [0.15, 0.2) is 0 Å². The lowest BCUT2D eigenvalue weighted by Crippen LogP contribution is -3.00. The Bertz CT molecular complexity index is 717. The van der Waals surface area contributed by atoms with Crippen LogP contribution in [0.2, 0.25) is 0 Å². The zero-order valence-corrected chi connectivity index (χ0v) is 39.5. The molecule has 0 aliphatic rings. The Labute approximate surface area is 347 Å². The van der Waals surface area contributed by atoms with E-state index in [1.54, 1.807) is 0 Å². The summed E-state index contributed by atoms with van der Waals surface area (Å²) in [5.41, 5.74) is 0. The van der Waals surface area contributed by atoms with Gasteiger partial charge >= 0.3 is 11.9 Å². The van der Waals surface area contributed by atoms with Crippen molar-refractivity contribution in [3.05, 3.63) is 0 Å². The summed E-state index contributed by atoms with van der Waals surface area (Å²) in [5, 5.41) is 0. The summed E-state index contributed by atoms with van der Waals surface area (Å²) in [6.07, 6.45) is 30.1. The molecule has 0 heterocycles. The highest BCUT2D eigenvalue weighted by Gasteiger charge is 2.22. The van der Waals surface area contributed by atoms with Gasteiger partial charge in [0.1, 0.15) is 26.3 Å². The zero-order chi connectivity index (χ0) is 37.6. The third-order valence-electron chi connectivity index (χ3n) is 11.7. The van der Waals surface area contributed by atoms with Gasteiger partial charge in [-0.2, -0.15) is 0 Å². The standard InChI is InChI=1S/C24H50NO2.C20H42NO2.2BrH/c1-5-9-10-11-12-13-14-15-16-17-18-19-20-21-24(26)27-23-22-25(6-2,7-3)8-4;1-5-9-10-11-12-13-14-15-16-17-20(22)23-19-18-21(6-2,7-3)8-4;;/h5-23H2,1-4H3;5-19H2,1-4H3;2*1H/q2*+1;;/p-2. The van der Waals surface area contributed by atoms with Gasteiger partial charge < -0.3 is 52.4 Å². The predicted octanol–water partition coefficient (Wildman–Crippen LogP) is 6.22. The molecule has 0 amide bonds. The fraction of sp³-hybridized carbons (Fsp3) is 0.955. The van der Waals surface area contributed by atoms with Gasteiger partial charge in [0.25, 0.3) is 0 Å². The molecule has 0 aliphatic heterocycles. The van der Waals surface area contributed by atoms with E-state index in [9.17, 15) is 9.59 Å². The fourth-order valence-electron chi connectivity index (χ4n) is 7.01. The van der Waals surface area contributed by atoms with Crippen molar-refractivity contribution < 1.29 is 62.0 Å². The summed E-state index contributed by atoms with van der Waals surface area (Å²) in [6, 6.07) is 0. The zero-order valence-electron chi connectivity index (χ0n) is 36.3. The monoisotopic (exact) mass is 871 g/mol. The number of esters is 2. The van der Waals surface area contributed by atoms with E-state index in [-0.39, 0.29) is 45.9 Å². The quantitative estimate of drug-likeness (QED) is 0.0427. The molecular weight excluding hydrogens is 780 g/mol. The Morgan fingerprint density at radius 1 is 0.346 bits per heavy atom. The van der Waals surface area contributed by atoms with Crippen molar-refractivity contribution in [1.82, 2.24) is 0 Å². The topological polar surface area (TPSA) is 52.6 Å². The van der Waals surface area contributed by atoms with Crippen LogP contribution in [0.5, 0.6) is 0 Å². The summed E-state index contributed by atoms with van der Waals surface area (Å²) in [6.45, 7) is 27.6. The second-order valence-electron chi connectivity index (χ2n) is 15.0. The van der Waals surface area contributed by atoms with Crippen molar-refractivity contribution in [2.45, 2.75) is 209 Å². The average molecular weight is 873 g/mol. The normalized spacial score (nSPS) is 11.2. The van der Waals surface area contributed by atoms with Gasteiger partial charge in [0.05, 0.1) is 39.3 Å². The summed E-state index contributed by atoms with van der Waals surface area (Å²) in [4.78, 5) is 23.6. The summed E-state index contributed by atoms with van der Waals surface area (Å²) in [7, 11) is 0. The lowest BCUT2D eigenvalue weighted by atomic mass is 10.0. The molecule has 0 atom stereocenters. The number of likely N-dealkylation sites (N-methyl/N-ethyl adjacent to an activating group) is 2. The number of unbranched alkanes of at least 4 members (excludes halogenated alkanes) is 20. The first-order valence-electron chi connectivity index (χ1n) is 22.3. The number of nitrogens with zero attached hydrogens (tertiary/aromatic N) is 2. The lowest BCUT2D eigenvalue weighted by Gasteiger charge is -2.35. The van der Waals surface area contributed by atoms with E-state index < -0.39 is 0 Å². The first-order valence-corrected chi connectivity index (χ1v) is 22.3. The molecule has 0 bridgehead atoms. The molecule has 0 radical (unpaired) electrons. The molecule has 0 aromatic heterocycles. The van der Waals surface area contributed by atoms with Crippen LogP contribution < -0.4 is 34.0 Å². The minimum Gasteiger partial charge on any atom is -1.00 e. The number of ether oxygens (including phenoxy) is 2. The van der Waals surface area contributed by atoms with Crippen molar-refractivity contribution in [2.75, 3.05) is 65.6 Å². The highest BCUT2D eigenvalue weighted by atomic mass is 79.9. The van der Waals surface area contributed by atoms with E-state index in [2.05, 4.69) is 55.4 Å². The molecule has 0 N–H and O–H groups in total. The van der Waals surface area contributed by atoms with E-state index in [0.29, 0.717) is 26.1 Å². The number of rotatable bonds is 36. The van der Waals surface area contributed by atoms with Crippen LogP contribution in [0.25, 0.3) is 0 Å². The van der Waals surface area contributed by atoms with E-state index in [0.717, 1.165) is 74.2 Å². The van der Waals surface area contributed by atoms with Gasteiger partial charge in [-0.25, -0.2) is 0 Å². The van der Waals surface area contributed by atoms with Gasteiger partial charge in [0, 0.05) is 12.8 Å². The van der Waals surface area contributed by atoms with Crippen molar-refractivity contribution in [3.63, 3.8) is 0 Å². The van der Waals surface area contributed by atoms with Gasteiger partial charge in [0.15, 0.2) is 0 Å². The van der Waals surface area contributed by atoms with E-state index in [1.165, 1.54) is 128 Å². The molecule has 0 fully saturated rings. The molecule has 316 valence electrons. The van der Waals surface area contributed by atoms with Crippen LogP contribution in [0.4, 0.5) is 0 Å². The van der Waals surface area contributed by atoms with Gasteiger partial charge in [0.2, 0.25) is 0 Å². The predicted molar refractivity (Wildman–Crippen MR) is 218 cm³/mol. The third-order valence-corrected chi connectivity index (χ3v) is 11.7. The summed E-state index contributed by atoms with van der Waals surface area (Å²) >= 11 is 0. The number of hydrogen-bond acceptors (Lipinski definition) is 4. The lowest BCUT2D eigenvalue weighted by molar-refractivity contribution is -0.923. The number of hydrogen-bond donors (Lipinski definition) is 0. The summed E-state index contributed by atoms with van der Waals surface area (Å²) in [5.74, 6) is -0.00571. The molecular formula is C44H92Br2N2O4. The Morgan fingerprint density at radius 3 is 0.769 bits per heavy atom. The molecule has 6 nitrogen and oxygen atoms in total. The molecule has 0 unspecified atom stereocenters. The molecule has 0 saturated carbocycles. The van der Waals surface area contributed by atoms with Gasteiger partial charge in [-0.3, -0.25) is 9.59 Å². The van der Waals surface area contributed by atoms with Crippen molar-refractivity contribution in [1.29, 1.82) is 0 Å². The van der Waals surface area contributed by atoms with Crippen LogP contribution in [0.1, 0.15) is 209 Å². The Hall–Kier alpha value is -0.180. The Kier molecular flexibility index (Phi) is 49.0. The summed E-state index contributed by atoms with van der Waals surface area (Å²) < 4.78 is 13.0. The van der Waals surface area contributed by atoms with Crippen LogP contribution in [0, 0.1) is 0 Å². The molecule has 52 heavy (non-hydrogen) atoms. The second-order valence-corrected chi connectivity index (χ2v) is 15.0. The van der Waals surface area contributed by atoms with E-state index in [4.69, 9.17) is 9.47 Å². The Morgan fingerprint density at radius 2 is 0.558 bits per heavy atom. The molecule has 0 aromatic rings. The van der Waals surface area contributed by atoms with E-state index >= 15 is 0 Å². The molecule has 8 heteroatoms. The molecule has 0 aromatic carbocycles. The molecule has 0 rings (SSSR count). The molecule has 0 spiro atoms. The Balaban J connectivity index is -0.000000432. The van der Waals surface area contributed by atoms with Crippen molar-refractivity contribution in [3.8, 4) is 0 Å². The number of quaternary nitrogens is 2. The van der Waals surface area contributed by atoms with Gasteiger partial charge in [-0.05, 0) is 54.4 Å². The van der Waals surface area contributed by atoms with Gasteiger partial charge in [-0.15, -0.1) is 0 Å². The van der Waals surface area contributed by atoms with Crippen molar-refractivity contribution >= 4 is 11.9 Å². The number of carbonyl (C=O) groups is 2. The van der Waals surface area contributed by atoms with Crippen LogP contribution in [-0.2, 0) is 19.1 Å². The largest absolute Gasteiger partial charge is 1.00 e. The molecule has 0 aliphatic carbocycles. The minimum absolute atomic E-state index is 0. The van der Waals surface area contributed by atoms with E-state index in [1.807, 2.05) is 0 Å². The fourth-order valence-corrected chi connectivity index (χ4v) is 7.01. The first kappa shape index (κ1) is 58.5. The van der Waals surface area contributed by atoms with Crippen molar-refractivity contribution in [2.24, 2.45) is 0 Å². The number of halogens is 2. The molecule has 0 saturated heterocycles. The third kappa shape index (κ3) is 35.5. The highest BCUT2D eigenvalue weighted by molar-refractivity contribution is 5.69. The highest BCUT2D eigenvalue weighted by Crippen LogP contribution is 2.14. The maximum Gasteiger partial charge on any atom is 0.305 e. The van der Waals surface area contributed by atoms with Crippen LogP contribution in [-0.4, -0.2) is 86.5 Å². The van der Waals surface area contributed by atoms with Crippen LogP contribution >= 0.6 is 0 Å². The first-order chi connectivity index (χ1) is 24.3. The average Bonchev–Trinajstić information content (AvgIpc) is 3.14. The maximum absolute atomic E-state index is 11.9.